The van der Waals surface area contributed by atoms with E-state index in [1.807, 2.05) is 6.92 Å². The standard InChI is InChI=1S/C20H22ClN3O7/c1-3-9-22-16(18(24(29)30)19(27)23(10-4-2)20(22)28)8-6-13-5-7-14(11-15(13)21)31-12-17(25)26/h5-8,11H,3-4,9-10,12H2,1-2H3,(H,25,26)/b8-6+. The zero-order chi connectivity index (χ0) is 23.1. The first-order valence-corrected chi connectivity index (χ1v) is 9.93. The molecule has 0 atom stereocenters. The lowest BCUT2D eigenvalue weighted by Crippen LogP contribution is -2.42. The number of rotatable bonds is 10. The van der Waals surface area contributed by atoms with Crippen LogP contribution in [0.1, 0.15) is 37.9 Å². The third-order valence-corrected chi connectivity index (χ3v) is 4.60. The Morgan fingerprint density at radius 1 is 1.19 bits per heavy atom. The van der Waals surface area contributed by atoms with Gasteiger partial charge in [-0.15, -0.1) is 0 Å². The van der Waals surface area contributed by atoms with Crippen LogP contribution in [0, 0.1) is 10.1 Å². The Bertz CT molecular complexity index is 1130. The van der Waals surface area contributed by atoms with Crippen molar-refractivity contribution in [3.63, 3.8) is 0 Å². The summed E-state index contributed by atoms with van der Waals surface area (Å²) in [4.78, 5) is 46.9. The molecule has 0 saturated heterocycles. The van der Waals surface area contributed by atoms with Gasteiger partial charge in [0.05, 0.1) is 9.95 Å². The highest BCUT2D eigenvalue weighted by molar-refractivity contribution is 6.32. The van der Waals surface area contributed by atoms with Crippen LogP contribution in [0.25, 0.3) is 12.2 Å². The van der Waals surface area contributed by atoms with Gasteiger partial charge in [-0.2, -0.15) is 0 Å². The topological polar surface area (TPSA) is 134 Å². The van der Waals surface area contributed by atoms with Crippen LogP contribution in [0.2, 0.25) is 5.02 Å². The van der Waals surface area contributed by atoms with E-state index in [2.05, 4.69) is 0 Å². The van der Waals surface area contributed by atoms with Crippen LogP contribution >= 0.6 is 11.6 Å². The molecule has 0 aliphatic carbocycles. The third-order valence-electron chi connectivity index (χ3n) is 4.27. The predicted octanol–water partition coefficient (Wildman–Crippen LogP) is 3.03. The Labute approximate surface area is 182 Å². The second-order valence-corrected chi connectivity index (χ2v) is 6.99. The van der Waals surface area contributed by atoms with Crippen LogP contribution in [0.5, 0.6) is 5.75 Å². The summed E-state index contributed by atoms with van der Waals surface area (Å²) in [6, 6.07) is 4.42. The van der Waals surface area contributed by atoms with Gasteiger partial charge in [-0.1, -0.05) is 31.5 Å². The molecule has 2 aromatic rings. The summed E-state index contributed by atoms with van der Waals surface area (Å²) in [7, 11) is 0. The van der Waals surface area contributed by atoms with E-state index in [0.717, 1.165) is 4.57 Å². The molecule has 0 spiro atoms. The minimum atomic E-state index is -1.14. The van der Waals surface area contributed by atoms with E-state index in [1.54, 1.807) is 6.92 Å². The van der Waals surface area contributed by atoms with E-state index in [1.165, 1.54) is 34.9 Å². The highest BCUT2D eigenvalue weighted by Crippen LogP contribution is 2.25. The van der Waals surface area contributed by atoms with E-state index >= 15 is 0 Å². The van der Waals surface area contributed by atoms with Gasteiger partial charge < -0.3 is 9.84 Å². The molecule has 10 nitrogen and oxygen atoms in total. The molecule has 0 aliphatic heterocycles. The van der Waals surface area contributed by atoms with Crippen LogP contribution in [0.4, 0.5) is 5.69 Å². The molecule has 31 heavy (non-hydrogen) atoms. The quantitative estimate of drug-likeness (QED) is 0.433. The summed E-state index contributed by atoms with van der Waals surface area (Å²) >= 11 is 6.20. The molecule has 0 radical (unpaired) electrons. The molecule has 1 N–H and O–H groups in total. The lowest BCUT2D eigenvalue weighted by Gasteiger charge is -2.13. The van der Waals surface area contributed by atoms with Gasteiger partial charge in [0, 0.05) is 13.1 Å². The molecule has 1 aromatic carbocycles. The van der Waals surface area contributed by atoms with E-state index in [0.29, 0.717) is 18.4 Å². The first-order chi connectivity index (χ1) is 14.7. The Morgan fingerprint density at radius 2 is 1.84 bits per heavy atom. The van der Waals surface area contributed by atoms with Crippen molar-refractivity contribution in [3.8, 4) is 5.75 Å². The zero-order valence-electron chi connectivity index (χ0n) is 17.0. The largest absolute Gasteiger partial charge is 0.482 e. The van der Waals surface area contributed by atoms with Crippen LogP contribution < -0.4 is 16.0 Å². The molecular weight excluding hydrogens is 430 g/mol. The van der Waals surface area contributed by atoms with Gasteiger partial charge in [0.15, 0.2) is 6.61 Å². The number of carboxylic acids is 1. The average molecular weight is 452 g/mol. The van der Waals surface area contributed by atoms with E-state index in [9.17, 15) is 24.5 Å². The summed E-state index contributed by atoms with van der Waals surface area (Å²) in [5, 5.41) is 20.5. The summed E-state index contributed by atoms with van der Waals surface area (Å²) in [5.74, 6) is -0.903. The molecule has 0 bridgehead atoms. The number of nitrogens with zero attached hydrogens (tertiary/aromatic N) is 3. The van der Waals surface area contributed by atoms with Gasteiger partial charge in [-0.25, -0.2) is 9.59 Å². The summed E-state index contributed by atoms with van der Waals surface area (Å²) in [6.07, 6.45) is 3.75. The molecule has 1 heterocycles. The fraction of sp³-hybridized carbons (Fsp3) is 0.350. The highest BCUT2D eigenvalue weighted by Gasteiger charge is 2.26. The van der Waals surface area contributed by atoms with Gasteiger partial charge in [0.1, 0.15) is 11.4 Å². The fourth-order valence-corrected chi connectivity index (χ4v) is 3.18. The Morgan fingerprint density at radius 3 is 2.39 bits per heavy atom. The lowest BCUT2D eigenvalue weighted by atomic mass is 10.1. The molecule has 0 saturated carbocycles. The number of nitro groups is 1. The molecule has 0 fully saturated rings. The van der Waals surface area contributed by atoms with Crippen LogP contribution in [-0.2, 0) is 17.9 Å². The van der Waals surface area contributed by atoms with Crippen molar-refractivity contribution in [1.82, 2.24) is 9.13 Å². The number of ether oxygens (including phenoxy) is 1. The minimum absolute atomic E-state index is 0.0792. The van der Waals surface area contributed by atoms with Gasteiger partial charge in [0.2, 0.25) is 0 Å². The number of halogens is 1. The molecule has 0 unspecified atom stereocenters. The number of benzene rings is 1. The molecular formula is C20H22ClN3O7. The summed E-state index contributed by atoms with van der Waals surface area (Å²) in [5.41, 5.74) is -1.92. The van der Waals surface area contributed by atoms with Crippen molar-refractivity contribution in [3.05, 3.63) is 65.4 Å². The van der Waals surface area contributed by atoms with E-state index < -0.39 is 34.4 Å². The van der Waals surface area contributed by atoms with Gasteiger partial charge in [-0.3, -0.25) is 24.0 Å². The number of carboxylic acid groups (broad SMARTS) is 1. The van der Waals surface area contributed by atoms with Crippen molar-refractivity contribution in [2.24, 2.45) is 0 Å². The first kappa shape index (κ1) is 23.9. The smallest absolute Gasteiger partial charge is 0.357 e. The van der Waals surface area contributed by atoms with Gasteiger partial charge in [-0.05, 0) is 42.7 Å². The number of aromatic nitrogens is 2. The lowest BCUT2D eigenvalue weighted by molar-refractivity contribution is -0.387. The number of hydrogen-bond acceptors (Lipinski definition) is 6. The minimum Gasteiger partial charge on any atom is -0.482 e. The molecule has 166 valence electrons. The Hall–Kier alpha value is -3.40. The number of carbonyl (C=O) groups is 1. The summed E-state index contributed by atoms with van der Waals surface area (Å²) < 4.78 is 7.14. The Kier molecular flexibility index (Phi) is 8.14. The average Bonchev–Trinajstić information content (AvgIpc) is 2.71. The Balaban J connectivity index is 2.58. The monoisotopic (exact) mass is 451 g/mol. The fourth-order valence-electron chi connectivity index (χ4n) is 2.95. The molecule has 1 aromatic heterocycles. The van der Waals surface area contributed by atoms with Gasteiger partial charge in [0.25, 0.3) is 0 Å². The second-order valence-electron chi connectivity index (χ2n) is 6.58. The maximum atomic E-state index is 12.8. The molecule has 11 heteroatoms. The maximum absolute atomic E-state index is 12.8. The zero-order valence-corrected chi connectivity index (χ0v) is 17.8. The number of aliphatic carboxylic acids is 1. The summed E-state index contributed by atoms with van der Waals surface area (Å²) in [6.45, 7) is 3.32. The van der Waals surface area contributed by atoms with Gasteiger partial charge >= 0.3 is 22.9 Å². The molecule has 0 aliphatic rings. The van der Waals surface area contributed by atoms with Crippen molar-refractivity contribution in [1.29, 1.82) is 0 Å². The van der Waals surface area contributed by atoms with Crippen molar-refractivity contribution in [2.75, 3.05) is 6.61 Å². The van der Waals surface area contributed by atoms with Crippen molar-refractivity contribution >= 4 is 35.4 Å². The predicted molar refractivity (Wildman–Crippen MR) is 116 cm³/mol. The van der Waals surface area contributed by atoms with E-state index in [-0.39, 0.29) is 29.6 Å². The first-order valence-electron chi connectivity index (χ1n) is 9.55. The number of hydrogen-bond donors (Lipinski definition) is 1. The highest BCUT2D eigenvalue weighted by atomic mass is 35.5. The van der Waals surface area contributed by atoms with Crippen LogP contribution in [0.3, 0.4) is 0 Å². The SMILES string of the molecule is CCCn1c(/C=C/c2ccc(OCC(=O)O)cc2Cl)c([N+](=O)[O-])c(=O)n(CCC)c1=O. The van der Waals surface area contributed by atoms with Crippen molar-refractivity contribution < 1.29 is 19.6 Å². The second kappa shape index (κ2) is 10.6. The normalized spacial score (nSPS) is 11.1. The molecule has 0 amide bonds. The van der Waals surface area contributed by atoms with Crippen molar-refractivity contribution in [2.45, 2.75) is 39.8 Å². The van der Waals surface area contributed by atoms with Crippen LogP contribution in [0.15, 0.2) is 27.8 Å². The van der Waals surface area contributed by atoms with Crippen LogP contribution in [-0.4, -0.2) is 31.7 Å². The van der Waals surface area contributed by atoms with E-state index in [4.69, 9.17) is 21.4 Å². The third kappa shape index (κ3) is 5.60. The maximum Gasteiger partial charge on any atom is 0.357 e. The molecule has 2 rings (SSSR count).